The van der Waals surface area contributed by atoms with Gasteiger partial charge in [-0.3, -0.25) is 0 Å². The summed E-state index contributed by atoms with van der Waals surface area (Å²) in [5, 5.41) is 0. The van der Waals surface area contributed by atoms with E-state index in [1.807, 2.05) is 0 Å². The fourth-order valence-corrected chi connectivity index (χ4v) is 2.44. The molecule has 18 heavy (non-hydrogen) atoms. The Labute approximate surface area is 114 Å². The van der Waals surface area contributed by atoms with Crippen LogP contribution >= 0.6 is 0 Å². The standard InChI is InChI=1S/C16H33NO/c1-15(2,3)9-12-18-14-7-10-17(11-8-14)13-16(4,5)6/h14H,7-13H2,1-6H3. The molecule has 2 heteroatoms. The van der Waals surface area contributed by atoms with Crippen LogP contribution in [0.25, 0.3) is 0 Å². The van der Waals surface area contributed by atoms with Gasteiger partial charge in [0.15, 0.2) is 0 Å². The van der Waals surface area contributed by atoms with E-state index in [1.165, 1.54) is 32.5 Å². The maximum absolute atomic E-state index is 6.01. The largest absolute Gasteiger partial charge is 0.378 e. The fourth-order valence-electron chi connectivity index (χ4n) is 2.44. The molecule has 0 atom stereocenters. The lowest BCUT2D eigenvalue weighted by atomic mass is 9.93. The number of hydrogen-bond donors (Lipinski definition) is 0. The summed E-state index contributed by atoms with van der Waals surface area (Å²) in [5.41, 5.74) is 0.812. The number of rotatable bonds is 4. The highest BCUT2D eigenvalue weighted by molar-refractivity contribution is 4.76. The zero-order valence-corrected chi connectivity index (χ0v) is 13.4. The molecule has 0 N–H and O–H groups in total. The van der Waals surface area contributed by atoms with Crippen molar-refractivity contribution in [1.29, 1.82) is 0 Å². The van der Waals surface area contributed by atoms with Gasteiger partial charge in [0.1, 0.15) is 0 Å². The lowest BCUT2D eigenvalue weighted by molar-refractivity contribution is -0.00732. The molecule has 108 valence electrons. The maximum atomic E-state index is 6.01. The zero-order valence-electron chi connectivity index (χ0n) is 13.4. The molecule has 0 saturated carbocycles. The van der Waals surface area contributed by atoms with Crippen LogP contribution in [0.4, 0.5) is 0 Å². The first-order chi connectivity index (χ1) is 8.16. The summed E-state index contributed by atoms with van der Waals surface area (Å²) in [5.74, 6) is 0. The SMILES string of the molecule is CC(C)(C)CCOC1CCN(CC(C)(C)C)CC1. The maximum Gasteiger partial charge on any atom is 0.0599 e. The lowest BCUT2D eigenvalue weighted by Crippen LogP contribution is -2.41. The van der Waals surface area contributed by atoms with Crippen LogP contribution in [-0.4, -0.2) is 37.2 Å². The van der Waals surface area contributed by atoms with E-state index in [9.17, 15) is 0 Å². The van der Waals surface area contributed by atoms with Crippen molar-refractivity contribution in [3.63, 3.8) is 0 Å². The number of hydrogen-bond acceptors (Lipinski definition) is 2. The van der Waals surface area contributed by atoms with Crippen LogP contribution in [0.3, 0.4) is 0 Å². The molecule has 0 aromatic carbocycles. The second kappa shape index (κ2) is 6.38. The summed E-state index contributed by atoms with van der Waals surface area (Å²) in [7, 11) is 0. The van der Waals surface area contributed by atoms with E-state index in [-0.39, 0.29) is 0 Å². The van der Waals surface area contributed by atoms with Gasteiger partial charge in [0.25, 0.3) is 0 Å². The first kappa shape index (κ1) is 16.0. The molecule has 0 aromatic rings. The van der Waals surface area contributed by atoms with E-state index >= 15 is 0 Å². The van der Waals surface area contributed by atoms with E-state index in [4.69, 9.17) is 4.74 Å². The van der Waals surface area contributed by atoms with E-state index in [0.717, 1.165) is 13.0 Å². The van der Waals surface area contributed by atoms with Gasteiger partial charge in [0.2, 0.25) is 0 Å². The molecule has 0 aromatic heterocycles. The van der Waals surface area contributed by atoms with E-state index < -0.39 is 0 Å². The van der Waals surface area contributed by atoms with Gasteiger partial charge in [-0.25, -0.2) is 0 Å². The van der Waals surface area contributed by atoms with Crippen molar-refractivity contribution in [2.45, 2.75) is 66.9 Å². The summed E-state index contributed by atoms with van der Waals surface area (Å²) in [6.07, 6.45) is 4.08. The van der Waals surface area contributed by atoms with Crippen molar-refractivity contribution in [1.82, 2.24) is 4.90 Å². The van der Waals surface area contributed by atoms with Gasteiger partial charge in [0.05, 0.1) is 6.10 Å². The van der Waals surface area contributed by atoms with Gasteiger partial charge in [-0.2, -0.15) is 0 Å². The van der Waals surface area contributed by atoms with Gasteiger partial charge in [0, 0.05) is 26.2 Å². The molecule has 1 fully saturated rings. The Bertz CT molecular complexity index is 228. The van der Waals surface area contributed by atoms with E-state index in [1.54, 1.807) is 0 Å². The van der Waals surface area contributed by atoms with Crippen LogP contribution in [0.15, 0.2) is 0 Å². The third kappa shape index (κ3) is 7.38. The number of likely N-dealkylation sites (tertiary alicyclic amines) is 1. The Morgan fingerprint density at radius 3 is 1.94 bits per heavy atom. The van der Waals surface area contributed by atoms with Crippen molar-refractivity contribution >= 4 is 0 Å². The van der Waals surface area contributed by atoms with E-state index in [2.05, 4.69) is 46.4 Å². The molecular formula is C16H33NO. The predicted molar refractivity (Wildman–Crippen MR) is 78.9 cm³/mol. The minimum atomic E-state index is 0.396. The average molecular weight is 255 g/mol. The monoisotopic (exact) mass is 255 g/mol. The molecule has 1 aliphatic heterocycles. The molecule has 1 rings (SSSR count). The molecule has 1 saturated heterocycles. The molecule has 0 amide bonds. The third-order valence-corrected chi connectivity index (χ3v) is 3.44. The number of piperidine rings is 1. The summed E-state index contributed by atoms with van der Waals surface area (Å²) < 4.78 is 6.01. The molecule has 0 aliphatic carbocycles. The normalized spacial score (nSPS) is 20.3. The minimum Gasteiger partial charge on any atom is -0.378 e. The Hall–Kier alpha value is -0.0800. The molecule has 0 radical (unpaired) electrons. The quantitative estimate of drug-likeness (QED) is 0.754. The van der Waals surface area contributed by atoms with Gasteiger partial charge < -0.3 is 9.64 Å². The first-order valence-corrected chi connectivity index (χ1v) is 7.50. The zero-order chi connectivity index (χ0) is 13.8. The Kier molecular flexibility index (Phi) is 5.67. The molecule has 1 heterocycles. The molecule has 0 spiro atoms. The second-order valence-corrected chi connectivity index (χ2v) is 8.22. The van der Waals surface area contributed by atoms with Crippen LogP contribution in [-0.2, 0) is 4.74 Å². The molecule has 0 bridgehead atoms. The summed E-state index contributed by atoms with van der Waals surface area (Å²) in [4.78, 5) is 2.59. The van der Waals surface area contributed by atoms with Gasteiger partial charge in [-0.15, -0.1) is 0 Å². The fraction of sp³-hybridized carbons (Fsp3) is 1.00. The molecule has 0 unspecified atom stereocenters. The van der Waals surface area contributed by atoms with Crippen LogP contribution in [0, 0.1) is 10.8 Å². The van der Waals surface area contributed by atoms with Gasteiger partial charge in [-0.05, 0) is 30.1 Å². The first-order valence-electron chi connectivity index (χ1n) is 7.50. The van der Waals surface area contributed by atoms with E-state index in [0.29, 0.717) is 16.9 Å². The summed E-state index contributed by atoms with van der Waals surface area (Å²) >= 11 is 0. The van der Waals surface area contributed by atoms with Crippen molar-refractivity contribution in [3.05, 3.63) is 0 Å². The van der Waals surface area contributed by atoms with Crippen LogP contribution < -0.4 is 0 Å². The lowest BCUT2D eigenvalue weighted by Gasteiger charge is -2.36. The molecule has 1 aliphatic rings. The highest BCUT2D eigenvalue weighted by Gasteiger charge is 2.23. The number of nitrogens with zero attached hydrogens (tertiary/aromatic N) is 1. The minimum absolute atomic E-state index is 0.396. The summed E-state index contributed by atoms with van der Waals surface area (Å²) in [6, 6.07) is 0. The average Bonchev–Trinajstić information content (AvgIpc) is 2.16. The van der Waals surface area contributed by atoms with Crippen LogP contribution in [0.1, 0.15) is 60.8 Å². The Balaban J connectivity index is 2.16. The Morgan fingerprint density at radius 2 is 1.50 bits per heavy atom. The topological polar surface area (TPSA) is 12.5 Å². The highest BCUT2D eigenvalue weighted by atomic mass is 16.5. The number of ether oxygens (including phenoxy) is 1. The highest BCUT2D eigenvalue weighted by Crippen LogP contribution is 2.22. The van der Waals surface area contributed by atoms with Crippen LogP contribution in [0.5, 0.6) is 0 Å². The van der Waals surface area contributed by atoms with Gasteiger partial charge >= 0.3 is 0 Å². The third-order valence-electron chi connectivity index (χ3n) is 3.44. The van der Waals surface area contributed by atoms with Crippen molar-refractivity contribution in [3.8, 4) is 0 Å². The summed E-state index contributed by atoms with van der Waals surface area (Å²) in [6.45, 7) is 18.3. The van der Waals surface area contributed by atoms with Crippen LogP contribution in [0.2, 0.25) is 0 Å². The van der Waals surface area contributed by atoms with Gasteiger partial charge in [-0.1, -0.05) is 41.5 Å². The van der Waals surface area contributed by atoms with Crippen molar-refractivity contribution in [2.75, 3.05) is 26.2 Å². The van der Waals surface area contributed by atoms with Crippen molar-refractivity contribution < 1.29 is 4.74 Å². The Morgan fingerprint density at radius 1 is 0.944 bits per heavy atom. The predicted octanol–water partition coefficient (Wildman–Crippen LogP) is 3.95. The second-order valence-electron chi connectivity index (χ2n) is 8.22. The smallest absolute Gasteiger partial charge is 0.0599 e. The molecular weight excluding hydrogens is 222 g/mol. The molecule has 2 nitrogen and oxygen atoms in total. The van der Waals surface area contributed by atoms with Crippen molar-refractivity contribution in [2.24, 2.45) is 10.8 Å².